The number of methoxy groups -OCH3 is 2. The molecule has 1 N–H and O–H groups in total. The summed E-state index contributed by atoms with van der Waals surface area (Å²) in [4.78, 5) is 14.1. The van der Waals surface area contributed by atoms with Gasteiger partial charge in [-0.3, -0.25) is 9.69 Å². The maximum absolute atomic E-state index is 12.2. The Hall–Kier alpha value is -2.24. The normalized spacial score (nSPS) is 10.6. The number of para-hydroxylation sites is 1. The summed E-state index contributed by atoms with van der Waals surface area (Å²) in [5, 5.41) is 3.35. The molecular formula is C19H23ClN2O3. The maximum atomic E-state index is 12.2. The van der Waals surface area contributed by atoms with E-state index < -0.39 is 0 Å². The number of likely N-dealkylation sites (N-methyl/N-ethyl adjacent to an activating group) is 1. The van der Waals surface area contributed by atoms with Crippen LogP contribution in [0.4, 0.5) is 5.69 Å². The molecule has 0 atom stereocenters. The van der Waals surface area contributed by atoms with E-state index in [1.165, 1.54) is 0 Å². The second-order valence-electron chi connectivity index (χ2n) is 5.83. The van der Waals surface area contributed by atoms with Crippen LogP contribution in [0.25, 0.3) is 0 Å². The fraction of sp³-hybridized carbons (Fsp3) is 0.316. The Morgan fingerprint density at radius 2 is 1.80 bits per heavy atom. The molecular weight excluding hydrogens is 340 g/mol. The van der Waals surface area contributed by atoms with Gasteiger partial charge in [0.2, 0.25) is 5.91 Å². The molecule has 1 amide bonds. The first-order valence-electron chi connectivity index (χ1n) is 7.89. The number of nitrogens with zero attached hydrogens (tertiary/aromatic N) is 1. The van der Waals surface area contributed by atoms with E-state index in [2.05, 4.69) is 5.32 Å². The third-order valence-electron chi connectivity index (χ3n) is 3.84. The number of rotatable bonds is 7. The molecule has 0 aliphatic carbocycles. The highest BCUT2D eigenvalue weighted by atomic mass is 35.5. The molecule has 2 rings (SSSR count). The van der Waals surface area contributed by atoms with Crippen LogP contribution in [0.1, 0.15) is 11.1 Å². The largest absolute Gasteiger partial charge is 0.493 e. The van der Waals surface area contributed by atoms with E-state index in [-0.39, 0.29) is 12.5 Å². The summed E-state index contributed by atoms with van der Waals surface area (Å²) >= 11 is 6.06. The van der Waals surface area contributed by atoms with Crippen LogP contribution in [0.3, 0.4) is 0 Å². The van der Waals surface area contributed by atoms with Gasteiger partial charge in [-0.15, -0.1) is 0 Å². The number of hydrogen-bond donors (Lipinski definition) is 1. The van der Waals surface area contributed by atoms with Gasteiger partial charge in [-0.25, -0.2) is 0 Å². The van der Waals surface area contributed by atoms with Crippen LogP contribution in [0.2, 0.25) is 5.02 Å². The van der Waals surface area contributed by atoms with E-state index in [1.807, 2.05) is 43.1 Å². The third kappa shape index (κ3) is 5.11. The molecule has 0 aliphatic heterocycles. The predicted octanol–water partition coefficient (Wildman–Crippen LogP) is 3.74. The van der Waals surface area contributed by atoms with Gasteiger partial charge in [0.1, 0.15) is 0 Å². The molecule has 0 saturated carbocycles. The molecule has 0 radical (unpaired) electrons. The number of anilines is 1. The van der Waals surface area contributed by atoms with E-state index in [4.69, 9.17) is 21.1 Å². The number of carbonyl (C=O) groups is 1. The van der Waals surface area contributed by atoms with E-state index in [0.717, 1.165) is 11.1 Å². The number of amides is 1. The van der Waals surface area contributed by atoms with E-state index >= 15 is 0 Å². The van der Waals surface area contributed by atoms with Crippen LogP contribution in [-0.2, 0) is 11.3 Å². The number of carbonyl (C=O) groups excluding carboxylic acids is 1. The Morgan fingerprint density at radius 1 is 1.16 bits per heavy atom. The summed E-state index contributed by atoms with van der Waals surface area (Å²) in [7, 11) is 5.11. The molecule has 0 aliphatic rings. The monoisotopic (exact) mass is 362 g/mol. The van der Waals surface area contributed by atoms with Crippen LogP contribution in [0.5, 0.6) is 11.5 Å². The van der Waals surface area contributed by atoms with Gasteiger partial charge in [-0.2, -0.15) is 0 Å². The fourth-order valence-corrected chi connectivity index (χ4v) is 2.72. The van der Waals surface area contributed by atoms with E-state index in [1.54, 1.807) is 26.4 Å². The Kier molecular flexibility index (Phi) is 6.67. The molecule has 0 heterocycles. The van der Waals surface area contributed by atoms with Crippen molar-refractivity contribution in [3.63, 3.8) is 0 Å². The summed E-state index contributed by atoms with van der Waals surface area (Å²) in [6.07, 6.45) is 0. The highest BCUT2D eigenvalue weighted by Gasteiger charge is 2.13. The highest BCUT2D eigenvalue weighted by Crippen LogP contribution is 2.30. The molecule has 0 spiro atoms. The Balaban J connectivity index is 2.01. The smallest absolute Gasteiger partial charge is 0.238 e. The van der Waals surface area contributed by atoms with Crippen molar-refractivity contribution in [2.75, 3.05) is 33.1 Å². The first-order chi connectivity index (χ1) is 11.9. The van der Waals surface area contributed by atoms with Crippen molar-refractivity contribution in [2.24, 2.45) is 0 Å². The van der Waals surface area contributed by atoms with Crippen molar-refractivity contribution >= 4 is 23.2 Å². The molecule has 0 aromatic heterocycles. The second-order valence-corrected chi connectivity index (χ2v) is 6.24. The second kappa shape index (κ2) is 8.74. The Morgan fingerprint density at radius 3 is 2.44 bits per heavy atom. The minimum Gasteiger partial charge on any atom is -0.493 e. The maximum Gasteiger partial charge on any atom is 0.238 e. The van der Waals surface area contributed by atoms with Crippen LogP contribution in [0, 0.1) is 6.92 Å². The number of halogens is 1. The number of ether oxygens (including phenoxy) is 2. The van der Waals surface area contributed by atoms with E-state index in [9.17, 15) is 4.79 Å². The zero-order valence-electron chi connectivity index (χ0n) is 14.9. The third-order valence-corrected chi connectivity index (χ3v) is 4.17. The zero-order valence-corrected chi connectivity index (χ0v) is 15.7. The lowest BCUT2D eigenvalue weighted by Gasteiger charge is -2.19. The summed E-state index contributed by atoms with van der Waals surface area (Å²) in [5.74, 6) is 1.26. The molecule has 25 heavy (non-hydrogen) atoms. The van der Waals surface area contributed by atoms with Gasteiger partial charge in [0.25, 0.3) is 0 Å². The van der Waals surface area contributed by atoms with Gasteiger partial charge in [0.15, 0.2) is 11.5 Å². The van der Waals surface area contributed by atoms with Crippen LogP contribution in [-0.4, -0.2) is 38.6 Å². The molecule has 0 bridgehead atoms. The van der Waals surface area contributed by atoms with Crippen molar-refractivity contribution in [1.82, 2.24) is 4.90 Å². The van der Waals surface area contributed by atoms with Gasteiger partial charge in [-0.05, 0) is 49.4 Å². The first kappa shape index (κ1) is 19.1. The van der Waals surface area contributed by atoms with Crippen LogP contribution >= 0.6 is 11.6 Å². The van der Waals surface area contributed by atoms with Crippen molar-refractivity contribution in [3.8, 4) is 11.5 Å². The standard InChI is InChI=1S/C19H23ClN2O3/c1-13-9-17(24-3)18(25-4)10-14(13)11-22(2)12-19(23)21-16-8-6-5-7-15(16)20/h5-10H,11-12H2,1-4H3,(H,21,23). The lowest BCUT2D eigenvalue weighted by Crippen LogP contribution is -2.30. The van der Waals surface area contributed by atoms with Crippen molar-refractivity contribution in [2.45, 2.75) is 13.5 Å². The minimum absolute atomic E-state index is 0.117. The Bertz CT molecular complexity index is 749. The topological polar surface area (TPSA) is 50.8 Å². The van der Waals surface area contributed by atoms with Crippen molar-refractivity contribution in [3.05, 3.63) is 52.5 Å². The molecule has 134 valence electrons. The minimum atomic E-state index is -0.117. The molecule has 0 unspecified atom stereocenters. The summed E-state index contributed by atoms with van der Waals surface area (Å²) in [6.45, 7) is 2.87. The van der Waals surface area contributed by atoms with Gasteiger partial charge < -0.3 is 14.8 Å². The fourth-order valence-electron chi connectivity index (χ4n) is 2.54. The molecule has 5 nitrogen and oxygen atoms in total. The number of benzene rings is 2. The number of hydrogen-bond acceptors (Lipinski definition) is 4. The summed E-state index contributed by atoms with van der Waals surface area (Å²) in [6, 6.07) is 11.1. The van der Waals surface area contributed by atoms with Gasteiger partial charge in [-0.1, -0.05) is 23.7 Å². The van der Waals surface area contributed by atoms with Crippen LogP contribution in [0.15, 0.2) is 36.4 Å². The molecule has 2 aromatic rings. The summed E-state index contributed by atoms with van der Waals surface area (Å²) in [5.41, 5.74) is 2.77. The average molecular weight is 363 g/mol. The average Bonchev–Trinajstić information content (AvgIpc) is 2.58. The van der Waals surface area contributed by atoms with E-state index in [0.29, 0.717) is 28.8 Å². The van der Waals surface area contributed by atoms with Gasteiger partial charge in [0, 0.05) is 6.54 Å². The lowest BCUT2D eigenvalue weighted by molar-refractivity contribution is -0.117. The highest BCUT2D eigenvalue weighted by molar-refractivity contribution is 6.33. The van der Waals surface area contributed by atoms with Gasteiger partial charge >= 0.3 is 0 Å². The lowest BCUT2D eigenvalue weighted by atomic mass is 10.1. The number of aryl methyl sites for hydroxylation is 1. The SMILES string of the molecule is COc1cc(C)c(CN(C)CC(=O)Nc2ccccc2Cl)cc1OC. The van der Waals surface area contributed by atoms with Crippen molar-refractivity contribution in [1.29, 1.82) is 0 Å². The van der Waals surface area contributed by atoms with Crippen LogP contribution < -0.4 is 14.8 Å². The molecule has 0 fully saturated rings. The predicted molar refractivity (Wildman–Crippen MR) is 101 cm³/mol. The zero-order chi connectivity index (χ0) is 18.4. The quantitative estimate of drug-likeness (QED) is 0.815. The molecule has 2 aromatic carbocycles. The summed E-state index contributed by atoms with van der Waals surface area (Å²) < 4.78 is 10.7. The number of nitrogens with one attached hydrogen (secondary N) is 1. The Labute approximate surface area is 153 Å². The van der Waals surface area contributed by atoms with Crippen molar-refractivity contribution < 1.29 is 14.3 Å². The molecule has 6 heteroatoms. The first-order valence-corrected chi connectivity index (χ1v) is 8.26. The van der Waals surface area contributed by atoms with Gasteiger partial charge in [0.05, 0.1) is 31.5 Å². The molecule has 0 saturated heterocycles.